The molecule has 0 saturated carbocycles. The molecule has 0 atom stereocenters. The molecular weight excluding hydrogens is 245 g/mol. The van der Waals surface area contributed by atoms with Crippen LogP contribution in [0, 0.1) is 6.92 Å². The molecule has 0 aliphatic rings. The van der Waals surface area contributed by atoms with Crippen LogP contribution in [0.15, 0.2) is 18.2 Å². The lowest BCUT2D eigenvalue weighted by atomic mass is 10.2. The van der Waals surface area contributed by atoms with Crippen molar-refractivity contribution in [2.75, 3.05) is 32.5 Å². The molecule has 0 aliphatic carbocycles. The van der Waals surface area contributed by atoms with Gasteiger partial charge in [0.2, 0.25) is 0 Å². The van der Waals surface area contributed by atoms with Gasteiger partial charge in [0.25, 0.3) is 0 Å². The van der Waals surface area contributed by atoms with Gasteiger partial charge in [0, 0.05) is 24.8 Å². The molecular formula is C12H17F3N2O. The van der Waals surface area contributed by atoms with Crippen molar-refractivity contribution >= 4 is 5.69 Å². The van der Waals surface area contributed by atoms with E-state index in [1.807, 2.05) is 19.0 Å². The van der Waals surface area contributed by atoms with Gasteiger partial charge in [-0.1, -0.05) is 0 Å². The molecule has 0 heterocycles. The molecule has 102 valence electrons. The Hall–Kier alpha value is -1.43. The maximum absolute atomic E-state index is 12.1. The van der Waals surface area contributed by atoms with Gasteiger partial charge in [-0.15, -0.1) is 13.2 Å². The Bertz CT molecular complexity index is 391. The van der Waals surface area contributed by atoms with E-state index in [0.717, 1.165) is 6.54 Å². The second-order valence-corrected chi connectivity index (χ2v) is 4.31. The Morgan fingerprint density at radius 3 is 2.44 bits per heavy atom. The number of ether oxygens (including phenoxy) is 1. The summed E-state index contributed by atoms with van der Waals surface area (Å²) in [5.74, 6) is -0.199. The lowest BCUT2D eigenvalue weighted by molar-refractivity contribution is -0.274. The lowest BCUT2D eigenvalue weighted by Gasteiger charge is -2.14. The number of hydrogen-bond donors (Lipinski definition) is 1. The van der Waals surface area contributed by atoms with Crippen molar-refractivity contribution in [2.45, 2.75) is 13.3 Å². The summed E-state index contributed by atoms with van der Waals surface area (Å²) in [6.07, 6.45) is -4.66. The third-order valence-corrected chi connectivity index (χ3v) is 2.17. The summed E-state index contributed by atoms with van der Waals surface area (Å²) in [5, 5.41) is 3.05. The maximum Gasteiger partial charge on any atom is 0.573 e. The van der Waals surface area contributed by atoms with Gasteiger partial charge in [-0.05, 0) is 38.7 Å². The monoisotopic (exact) mass is 262 g/mol. The molecule has 1 rings (SSSR count). The molecule has 0 saturated heterocycles. The van der Waals surface area contributed by atoms with Crippen LogP contribution in [-0.4, -0.2) is 38.4 Å². The zero-order chi connectivity index (χ0) is 13.8. The predicted octanol–water partition coefficient (Wildman–Crippen LogP) is 2.87. The van der Waals surface area contributed by atoms with Crippen molar-refractivity contribution in [1.29, 1.82) is 0 Å². The van der Waals surface area contributed by atoms with E-state index >= 15 is 0 Å². The first-order valence-electron chi connectivity index (χ1n) is 5.52. The highest BCUT2D eigenvalue weighted by Crippen LogP contribution is 2.26. The number of halogens is 3. The molecule has 0 radical (unpaired) electrons. The van der Waals surface area contributed by atoms with E-state index in [0.29, 0.717) is 17.8 Å². The smallest absolute Gasteiger partial charge is 0.406 e. The number of hydrogen-bond acceptors (Lipinski definition) is 3. The molecule has 0 amide bonds. The summed E-state index contributed by atoms with van der Waals surface area (Å²) >= 11 is 0. The van der Waals surface area contributed by atoms with Crippen LogP contribution in [0.2, 0.25) is 0 Å². The molecule has 1 aromatic rings. The van der Waals surface area contributed by atoms with Crippen LogP contribution in [0.5, 0.6) is 5.75 Å². The van der Waals surface area contributed by atoms with Crippen molar-refractivity contribution in [1.82, 2.24) is 4.90 Å². The average molecular weight is 262 g/mol. The van der Waals surface area contributed by atoms with Crippen LogP contribution in [0.4, 0.5) is 18.9 Å². The minimum absolute atomic E-state index is 0.199. The van der Waals surface area contributed by atoms with E-state index in [9.17, 15) is 13.2 Å². The van der Waals surface area contributed by atoms with Crippen molar-refractivity contribution in [2.24, 2.45) is 0 Å². The Morgan fingerprint density at radius 2 is 1.89 bits per heavy atom. The Kier molecular flexibility index (Phi) is 4.84. The fourth-order valence-corrected chi connectivity index (χ4v) is 1.47. The zero-order valence-corrected chi connectivity index (χ0v) is 10.6. The summed E-state index contributed by atoms with van der Waals surface area (Å²) in [7, 11) is 3.85. The van der Waals surface area contributed by atoms with E-state index in [1.54, 1.807) is 13.0 Å². The summed E-state index contributed by atoms with van der Waals surface area (Å²) in [6.45, 7) is 3.17. The average Bonchev–Trinajstić information content (AvgIpc) is 2.12. The van der Waals surface area contributed by atoms with Crippen LogP contribution in [-0.2, 0) is 0 Å². The molecule has 18 heavy (non-hydrogen) atoms. The fourth-order valence-electron chi connectivity index (χ4n) is 1.47. The minimum atomic E-state index is -4.66. The molecule has 1 aromatic carbocycles. The molecule has 3 nitrogen and oxygen atoms in total. The highest BCUT2D eigenvalue weighted by Gasteiger charge is 2.31. The van der Waals surface area contributed by atoms with E-state index < -0.39 is 6.36 Å². The predicted molar refractivity (Wildman–Crippen MR) is 64.9 cm³/mol. The first-order chi connectivity index (χ1) is 8.26. The van der Waals surface area contributed by atoms with Crippen LogP contribution in [0.25, 0.3) is 0 Å². The topological polar surface area (TPSA) is 24.5 Å². The molecule has 6 heteroatoms. The number of rotatable bonds is 5. The van der Waals surface area contributed by atoms with Gasteiger partial charge in [-0.3, -0.25) is 0 Å². The highest BCUT2D eigenvalue weighted by atomic mass is 19.4. The van der Waals surface area contributed by atoms with Gasteiger partial charge < -0.3 is 15.0 Å². The summed E-state index contributed by atoms with van der Waals surface area (Å²) in [4.78, 5) is 1.98. The second-order valence-electron chi connectivity index (χ2n) is 4.31. The van der Waals surface area contributed by atoms with Gasteiger partial charge in [-0.25, -0.2) is 0 Å². The SMILES string of the molecule is Cc1cc(NCCN(C)C)cc(OC(F)(F)F)c1. The number of nitrogens with one attached hydrogen (secondary N) is 1. The molecule has 0 aromatic heterocycles. The molecule has 0 bridgehead atoms. The highest BCUT2D eigenvalue weighted by molar-refractivity contribution is 5.51. The first kappa shape index (κ1) is 14.6. The minimum Gasteiger partial charge on any atom is -0.406 e. The Morgan fingerprint density at radius 1 is 1.22 bits per heavy atom. The van der Waals surface area contributed by atoms with Crippen molar-refractivity contribution in [3.63, 3.8) is 0 Å². The van der Waals surface area contributed by atoms with Crippen molar-refractivity contribution in [3.05, 3.63) is 23.8 Å². The number of anilines is 1. The first-order valence-corrected chi connectivity index (χ1v) is 5.52. The summed E-state index contributed by atoms with van der Waals surface area (Å²) < 4.78 is 40.2. The molecule has 1 N–H and O–H groups in total. The zero-order valence-electron chi connectivity index (χ0n) is 10.6. The van der Waals surface area contributed by atoms with Crippen molar-refractivity contribution < 1.29 is 17.9 Å². The Balaban J connectivity index is 2.69. The largest absolute Gasteiger partial charge is 0.573 e. The van der Waals surface area contributed by atoms with Gasteiger partial charge in [0.15, 0.2) is 0 Å². The number of benzene rings is 1. The van der Waals surface area contributed by atoms with Crippen LogP contribution in [0.1, 0.15) is 5.56 Å². The number of aryl methyl sites for hydroxylation is 1. The number of nitrogens with zero attached hydrogens (tertiary/aromatic N) is 1. The van der Waals surface area contributed by atoms with E-state index in [4.69, 9.17) is 0 Å². The normalized spacial score (nSPS) is 11.7. The van der Waals surface area contributed by atoms with Crippen molar-refractivity contribution in [3.8, 4) is 5.75 Å². The third kappa shape index (κ3) is 5.77. The molecule has 0 unspecified atom stereocenters. The second kappa shape index (κ2) is 5.95. The summed E-state index contributed by atoms with van der Waals surface area (Å²) in [5.41, 5.74) is 1.33. The lowest BCUT2D eigenvalue weighted by Crippen LogP contribution is -2.21. The number of likely N-dealkylation sites (N-methyl/N-ethyl adjacent to an activating group) is 1. The fraction of sp³-hybridized carbons (Fsp3) is 0.500. The quantitative estimate of drug-likeness (QED) is 0.883. The van der Waals surface area contributed by atoms with Crippen LogP contribution < -0.4 is 10.1 Å². The van der Waals surface area contributed by atoms with Gasteiger partial charge in [-0.2, -0.15) is 0 Å². The molecule has 0 aliphatic heterocycles. The van der Waals surface area contributed by atoms with Crippen LogP contribution in [0.3, 0.4) is 0 Å². The van der Waals surface area contributed by atoms with E-state index in [2.05, 4.69) is 10.1 Å². The van der Waals surface area contributed by atoms with Gasteiger partial charge >= 0.3 is 6.36 Å². The van der Waals surface area contributed by atoms with Gasteiger partial charge in [0.05, 0.1) is 0 Å². The van der Waals surface area contributed by atoms with Crippen LogP contribution >= 0.6 is 0 Å². The Labute approximate surface area is 105 Å². The standard InChI is InChI=1S/C12H17F3N2O/c1-9-6-10(16-4-5-17(2)3)8-11(7-9)18-12(13,14)15/h6-8,16H,4-5H2,1-3H3. The van der Waals surface area contributed by atoms with Gasteiger partial charge in [0.1, 0.15) is 5.75 Å². The van der Waals surface area contributed by atoms with E-state index in [1.165, 1.54) is 12.1 Å². The maximum atomic E-state index is 12.1. The van der Waals surface area contributed by atoms with E-state index in [-0.39, 0.29) is 5.75 Å². The third-order valence-electron chi connectivity index (χ3n) is 2.17. The summed E-state index contributed by atoms with van der Waals surface area (Å²) in [6, 6.07) is 4.47. The molecule has 0 spiro atoms. The number of alkyl halides is 3. The molecule has 0 fully saturated rings.